The van der Waals surface area contributed by atoms with Crippen LogP contribution in [0.1, 0.15) is 355 Å². The Hall–Kier alpha value is -2.11. The molecule has 0 aliphatic carbocycles. The van der Waals surface area contributed by atoms with Crippen LogP contribution in [0.25, 0.3) is 0 Å². The largest absolute Gasteiger partial charge is 0.462 e. The smallest absolute Gasteiger partial charge is 0.306 e. The number of carbonyl (C=O) groups excluding carboxylic acids is 3. The maximum atomic E-state index is 12.9. The van der Waals surface area contributed by atoms with Gasteiger partial charge in [0.25, 0.3) is 0 Å². The van der Waals surface area contributed by atoms with E-state index in [1.165, 1.54) is 250 Å². The summed E-state index contributed by atoms with van der Waals surface area (Å²) < 4.78 is 16.9. The van der Waals surface area contributed by atoms with Crippen LogP contribution in [0, 0.1) is 0 Å². The molecule has 6 heteroatoms. The van der Waals surface area contributed by atoms with Gasteiger partial charge >= 0.3 is 17.9 Å². The minimum absolute atomic E-state index is 0.0694. The Balaban J connectivity index is 4.24. The minimum atomic E-state index is -0.771. The predicted molar refractivity (Wildman–Crippen MR) is 307 cm³/mol. The van der Waals surface area contributed by atoms with Crippen LogP contribution in [0.5, 0.6) is 0 Å². The Bertz CT molecular complexity index is 1150. The Labute approximate surface area is 443 Å². The lowest BCUT2D eigenvalue weighted by molar-refractivity contribution is -0.167. The molecule has 0 aliphatic rings. The molecule has 0 radical (unpaired) electrons. The van der Waals surface area contributed by atoms with Crippen molar-refractivity contribution >= 4 is 17.9 Å². The van der Waals surface area contributed by atoms with E-state index in [1.807, 2.05) is 0 Å². The molecule has 0 heterocycles. The second-order valence-corrected chi connectivity index (χ2v) is 21.7. The number of ether oxygens (including phenoxy) is 3. The van der Waals surface area contributed by atoms with Crippen molar-refractivity contribution in [2.45, 2.75) is 361 Å². The Kier molecular flexibility index (Phi) is 58.6. The van der Waals surface area contributed by atoms with Gasteiger partial charge in [-0.1, -0.05) is 289 Å². The number of unbranched alkanes of at least 4 members (excludes halogenated alkanes) is 44. The molecule has 418 valence electrons. The average molecular weight is 1000 g/mol. The first kappa shape index (κ1) is 68.9. The first-order valence-electron chi connectivity index (χ1n) is 31.8. The van der Waals surface area contributed by atoms with Gasteiger partial charge in [0.15, 0.2) is 6.10 Å². The first-order chi connectivity index (χ1) is 35.0. The average Bonchev–Trinajstić information content (AvgIpc) is 3.37. The van der Waals surface area contributed by atoms with Crippen molar-refractivity contribution in [3.63, 3.8) is 0 Å². The van der Waals surface area contributed by atoms with Crippen molar-refractivity contribution in [2.75, 3.05) is 13.2 Å². The van der Waals surface area contributed by atoms with Crippen LogP contribution < -0.4 is 0 Å². The number of esters is 3. The fourth-order valence-corrected chi connectivity index (χ4v) is 9.61. The van der Waals surface area contributed by atoms with Crippen LogP contribution in [0.3, 0.4) is 0 Å². The highest BCUT2D eigenvalue weighted by Crippen LogP contribution is 2.18. The van der Waals surface area contributed by atoms with Crippen molar-refractivity contribution in [3.05, 3.63) is 24.3 Å². The topological polar surface area (TPSA) is 78.9 Å². The van der Waals surface area contributed by atoms with Gasteiger partial charge in [-0.2, -0.15) is 0 Å². The lowest BCUT2D eigenvalue weighted by Crippen LogP contribution is -2.30. The summed E-state index contributed by atoms with van der Waals surface area (Å²) in [5, 5.41) is 0. The second-order valence-electron chi connectivity index (χ2n) is 21.7. The van der Waals surface area contributed by atoms with Crippen LogP contribution >= 0.6 is 0 Å². The fourth-order valence-electron chi connectivity index (χ4n) is 9.61. The van der Waals surface area contributed by atoms with E-state index in [0.717, 1.165) is 64.2 Å². The third kappa shape index (κ3) is 58.7. The molecule has 1 atom stereocenters. The zero-order valence-electron chi connectivity index (χ0n) is 48.0. The molecule has 6 nitrogen and oxygen atoms in total. The summed E-state index contributed by atoms with van der Waals surface area (Å²) in [5.41, 5.74) is 0. The normalized spacial score (nSPS) is 12.1. The molecule has 0 N–H and O–H groups in total. The quantitative estimate of drug-likeness (QED) is 0.0261. The number of hydrogen-bond donors (Lipinski definition) is 0. The minimum Gasteiger partial charge on any atom is -0.462 e. The molecular weight excluding hydrogens is 877 g/mol. The van der Waals surface area contributed by atoms with E-state index in [0.29, 0.717) is 19.3 Å². The summed E-state index contributed by atoms with van der Waals surface area (Å²) in [4.78, 5) is 38.2. The highest BCUT2D eigenvalue weighted by Gasteiger charge is 2.19. The molecule has 0 rings (SSSR count). The maximum absolute atomic E-state index is 12.9. The third-order valence-corrected chi connectivity index (χ3v) is 14.4. The van der Waals surface area contributed by atoms with Gasteiger partial charge in [-0.25, -0.2) is 0 Å². The van der Waals surface area contributed by atoms with Gasteiger partial charge in [0.05, 0.1) is 0 Å². The van der Waals surface area contributed by atoms with Gasteiger partial charge in [0.1, 0.15) is 13.2 Å². The van der Waals surface area contributed by atoms with Crippen LogP contribution in [0.15, 0.2) is 24.3 Å². The van der Waals surface area contributed by atoms with Crippen LogP contribution in [-0.2, 0) is 28.6 Å². The molecule has 0 saturated carbocycles. The van der Waals surface area contributed by atoms with E-state index < -0.39 is 6.10 Å². The number of rotatable bonds is 59. The standard InChI is InChI=1S/C65H122O6/c1-4-7-10-13-16-19-22-25-27-29-31-32-33-34-35-37-38-40-43-46-49-52-55-58-64(67)70-61-62(60-69-63(66)57-54-51-48-45-42-24-21-18-15-12-9-6-3)71-65(68)59-56-53-50-47-44-41-39-36-30-28-26-23-20-17-14-11-8-5-2/h18,21,29,31,62H,4-17,19-20,22-28,30,32-61H2,1-3H3/b21-18-,31-29-. The van der Waals surface area contributed by atoms with Gasteiger partial charge in [-0.05, 0) is 70.6 Å². The Morgan fingerprint density at radius 2 is 0.465 bits per heavy atom. The van der Waals surface area contributed by atoms with E-state index in [4.69, 9.17) is 14.2 Å². The molecule has 0 fully saturated rings. The van der Waals surface area contributed by atoms with Gasteiger partial charge in [0.2, 0.25) is 0 Å². The van der Waals surface area contributed by atoms with Crippen molar-refractivity contribution in [2.24, 2.45) is 0 Å². The van der Waals surface area contributed by atoms with Gasteiger partial charge in [-0.15, -0.1) is 0 Å². The van der Waals surface area contributed by atoms with Crippen molar-refractivity contribution in [3.8, 4) is 0 Å². The monoisotopic (exact) mass is 999 g/mol. The van der Waals surface area contributed by atoms with Crippen LogP contribution in [-0.4, -0.2) is 37.2 Å². The molecule has 0 spiro atoms. The molecule has 71 heavy (non-hydrogen) atoms. The maximum Gasteiger partial charge on any atom is 0.306 e. The molecule has 0 aromatic heterocycles. The Morgan fingerprint density at radius 1 is 0.268 bits per heavy atom. The van der Waals surface area contributed by atoms with E-state index in [2.05, 4.69) is 45.1 Å². The Morgan fingerprint density at radius 3 is 0.732 bits per heavy atom. The molecule has 0 saturated heterocycles. The summed E-state index contributed by atoms with van der Waals surface area (Å²) in [6.45, 7) is 6.67. The van der Waals surface area contributed by atoms with E-state index in [1.54, 1.807) is 0 Å². The number of allylic oxidation sites excluding steroid dienone is 4. The third-order valence-electron chi connectivity index (χ3n) is 14.4. The molecule has 0 bridgehead atoms. The molecule has 0 amide bonds. The fraction of sp³-hybridized carbons (Fsp3) is 0.892. The lowest BCUT2D eigenvalue weighted by atomic mass is 10.0. The van der Waals surface area contributed by atoms with E-state index in [-0.39, 0.29) is 31.1 Å². The highest BCUT2D eigenvalue weighted by molar-refractivity contribution is 5.71. The molecule has 0 aromatic rings. The highest BCUT2D eigenvalue weighted by atomic mass is 16.6. The molecule has 1 unspecified atom stereocenters. The summed E-state index contributed by atoms with van der Waals surface area (Å²) in [6.07, 6.45) is 71.9. The molecule has 0 aromatic carbocycles. The van der Waals surface area contributed by atoms with Crippen LogP contribution in [0.4, 0.5) is 0 Å². The van der Waals surface area contributed by atoms with E-state index in [9.17, 15) is 14.4 Å². The summed E-state index contributed by atoms with van der Waals surface area (Å²) in [7, 11) is 0. The zero-order chi connectivity index (χ0) is 51.4. The summed E-state index contributed by atoms with van der Waals surface area (Å²) in [6, 6.07) is 0. The van der Waals surface area contributed by atoms with Crippen molar-refractivity contribution in [1.82, 2.24) is 0 Å². The first-order valence-corrected chi connectivity index (χ1v) is 31.8. The van der Waals surface area contributed by atoms with E-state index >= 15 is 0 Å². The van der Waals surface area contributed by atoms with Crippen molar-refractivity contribution < 1.29 is 28.6 Å². The number of hydrogen-bond acceptors (Lipinski definition) is 6. The predicted octanol–water partition coefficient (Wildman–Crippen LogP) is 21.4. The molecular formula is C65H122O6. The van der Waals surface area contributed by atoms with Gasteiger partial charge in [0, 0.05) is 19.3 Å². The number of carbonyl (C=O) groups is 3. The summed E-state index contributed by atoms with van der Waals surface area (Å²) in [5.74, 6) is -0.855. The summed E-state index contributed by atoms with van der Waals surface area (Å²) >= 11 is 0. The van der Waals surface area contributed by atoms with Crippen LogP contribution in [0.2, 0.25) is 0 Å². The zero-order valence-corrected chi connectivity index (χ0v) is 48.0. The lowest BCUT2D eigenvalue weighted by Gasteiger charge is -2.18. The van der Waals surface area contributed by atoms with Crippen molar-refractivity contribution in [1.29, 1.82) is 0 Å². The SMILES string of the molecule is CCCCC/C=C\CCCCCCCC(=O)OCC(COC(=O)CCCCCCCCCCCCC/C=C\CCCCCCCCCC)OC(=O)CCCCCCCCCCCCCCCCCCCC. The second kappa shape index (κ2) is 60.4. The van der Waals surface area contributed by atoms with Gasteiger partial charge < -0.3 is 14.2 Å². The van der Waals surface area contributed by atoms with Gasteiger partial charge in [-0.3, -0.25) is 14.4 Å². The molecule has 0 aliphatic heterocycles.